The predicted molar refractivity (Wildman–Crippen MR) is 51.0 cm³/mol. The summed E-state index contributed by atoms with van der Waals surface area (Å²) in [6.45, 7) is 0. The number of fused-ring (bicyclic) bond motifs is 1. The monoisotopic (exact) mass is 187 g/mol. The quantitative estimate of drug-likeness (QED) is 0.746. The summed E-state index contributed by atoms with van der Waals surface area (Å²) in [6, 6.07) is 9.92. The summed E-state index contributed by atoms with van der Waals surface area (Å²) >= 11 is 0. The van der Waals surface area contributed by atoms with E-state index in [1.54, 1.807) is 18.2 Å². The topological polar surface area (TPSA) is 57.2 Å². The van der Waals surface area contributed by atoms with Crippen LogP contribution in [0.15, 0.2) is 36.4 Å². The number of carboxylic acids is 1. The van der Waals surface area contributed by atoms with Gasteiger partial charge in [-0.25, -0.2) is 4.79 Å². The summed E-state index contributed by atoms with van der Waals surface area (Å²) in [6.07, 6.45) is 0. The van der Waals surface area contributed by atoms with Crippen LogP contribution in [-0.4, -0.2) is 11.1 Å². The lowest BCUT2D eigenvalue weighted by Crippen LogP contribution is -1.95. The first-order valence-corrected chi connectivity index (χ1v) is 4.11. The minimum Gasteiger partial charge on any atom is -0.478 e. The number of carbonyl (C=O) groups is 1. The Bertz CT molecular complexity index is 503. The molecule has 0 unspecified atom stereocenters. The van der Waals surface area contributed by atoms with Crippen molar-refractivity contribution in [3.05, 3.63) is 42.0 Å². The zero-order valence-electron chi connectivity index (χ0n) is 7.23. The van der Waals surface area contributed by atoms with Crippen molar-refractivity contribution in [1.29, 1.82) is 0 Å². The van der Waals surface area contributed by atoms with E-state index >= 15 is 0 Å². The van der Waals surface area contributed by atoms with Gasteiger partial charge >= 0.3 is 5.97 Å². The Kier molecular flexibility index (Phi) is 1.85. The van der Waals surface area contributed by atoms with E-state index in [-0.39, 0.29) is 5.56 Å². The van der Waals surface area contributed by atoms with Crippen LogP contribution < -0.4 is 0 Å². The van der Waals surface area contributed by atoms with E-state index in [1.165, 1.54) is 12.1 Å². The number of hydrogen-bond donors (Lipinski definition) is 1. The molecule has 0 fully saturated rings. The summed E-state index contributed by atoms with van der Waals surface area (Å²) in [4.78, 5) is 10.7. The normalized spacial score (nSPS) is 10.3. The fraction of sp³-hybridized carbons (Fsp3) is 0. The van der Waals surface area contributed by atoms with Gasteiger partial charge in [-0.1, -0.05) is 24.3 Å². The molecular formula is C11H7O3. The molecule has 0 saturated carbocycles. The maximum atomic E-state index is 11.3. The Labute approximate surface area is 80.2 Å². The Balaban J connectivity index is 2.77. The van der Waals surface area contributed by atoms with Crippen LogP contribution in [0.25, 0.3) is 10.8 Å². The second kappa shape index (κ2) is 3.03. The lowest BCUT2D eigenvalue weighted by Gasteiger charge is -2.00. The van der Waals surface area contributed by atoms with Gasteiger partial charge in [0.15, 0.2) is 5.75 Å². The molecule has 3 heteroatoms. The summed E-state index contributed by atoms with van der Waals surface area (Å²) in [5, 5.41) is 21.6. The van der Waals surface area contributed by atoms with Gasteiger partial charge in [0.05, 0.1) is 0 Å². The van der Waals surface area contributed by atoms with Crippen LogP contribution in [0.2, 0.25) is 0 Å². The van der Waals surface area contributed by atoms with Crippen LogP contribution in [0.1, 0.15) is 10.4 Å². The summed E-state index contributed by atoms with van der Waals surface area (Å²) in [5.74, 6) is -1.63. The van der Waals surface area contributed by atoms with Crippen molar-refractivity contribution in [3.63, 3.8) is 0 Å². The third-order valence-corrected chi connectivity index (χ3v) is 2.08. The number of benzene rings is 2. The Morgan fingerprint density at radius 3 is 2.21 bits per heavy atom. The zero-order chi connectivity index (χ0) is 10.1. The van der Waals surface area contributed by atoms with Gasteiger partial charge in [0.1, 0.15) is 5.56 Å². The second-order valence-electron chi connectivity index (χ2n) is 3.00. The fourth-order valence-electron chi connectivity index (χ4n) is 1.39. The molecular weight excluding hydrogens is 180 g/mol. The van der Waals surface area contributed by atoms with E-state index in [1.807, 2.05) is 6.07 Å². The molecule has 0 heterocycles. The van der Waals surface area contributed by atoms with E-state index in [9.17, 15) is 9.90 Å². The predicted octanol–water partition coefficient (Wildman–Crippen LogP) is 2.68. The summed E-state index contributed by atoms with van der Waals surface area (Å²) in [7, 11) is 0. The van der Waals surface area contributed by atoms with Gasteiger partial charge in [-0.15, -0.1) is 0 Å². The van der Waals surface area contributed by atoms with Crippen molar-refractivity contribution >= 4 is 16.7 Å². The molecule has 2 rings (SSSR count). The molecule has 0 bridgehead atoms. The number of carboxylic acid groups (broad SMARTS) is 1. The fourth-order valence-corrected chi connectivity index (χ4v) is 1.39. The second-order valence-corrected chi connectivity index (χ2v) is 3.00. The highest BCUT2D eigenvalue weighted by atomic mass is 16.4. The first-order chi connectivity index (χ1) is 6.68. The number of hydrogen-bond acceptors (Lipinski definition) is 1. The van der Waals surface area contributed by atoms with Gasteiger partial charge in [0.2, 0.25) is 0 Å². The van der Waals surface area contributed by atoms with Crippen molar-refractivity contribution in [2.45, 2.75) is 0 Å². The molecule has 0 spiro atoms. The molecule has 1 radical (unpaired) electrons. The maximum absolute atomic E-state index is 11.3. The third kappa shape index (κ3) is 1.29. The minimum atomic E-state index is -1.18. The van der Waals surface area contributed by atoms with Gasteiger partial charge in [0.25, 0.3) is 0 Å². The molecule has 2 aromatic rings. The van der Waals surface area contributed by atoms with E-state index in [2.05, 4.69) is 0 Å². The Morgan fingerprint density at radius 2 is 1.64 bits per heavy atom. The molecule has 69 valence electrons. The van der Waals surface area contributed by atoms with Crippen LogP contribution >= 0.6 is 0 Å². The van der Waals surface area contributed by atoms with Crippen molar-refractivity contribution in [3.8, 4) is 5.75 Å². The molecule has 3 nitrogen and oxygen atoms in total. The first kappa shape index (κ1) is 8.56. The molecule has 0 aliphatic rings. The smallest absolute Gasteiger partial charge is 0.339 e. The highest BCUT2D eigenvalue weighted by Crippen LogP contribution is 2.25. The molecule has 14 heavy (non-hydrogen) atoms. The average molecular weight is 187 g/mol. The van der Waals surface area contributed by atoms with Crippen molar-refractivity contribution in [2.24, 2.45) is 0 Å². The van der Waals surface area contributed by atoms with E-state index in [0.717, 1.165) is 10.8 Å². The Hall–Kier alpha value is -2.03. The van der Waals surface area contributed by atoms with Crippen LogP contribution in [0.5, 0.6) is 5.75 Å². The summed E-state index contributed by atoms with van der Waals surface area (Å²) in [5.41, 5.74) is -0.177. The number of rotatable bonds is 1. The zero-order valence-corrected chi connectivity index (χ0v) is 7.23. The van der Waals surface area contributed by atoms with Crippen molar-refractivity contribution < 1.29 is 15.0 Å². The van der Waals surface area contributed by atoms with Crippen LogP contribution in [-0.2, 0) is 5.11 Å². The van der Waals surface area contributed by atoms with E-state index in [0.29, 0.717) is 0 Å². The molecule has 0 saturated heterocycles. The first-order valence-electron chi connectivity index (χ1n) is 4.11. The van der Waals surface area contributed by atoms with E-state index < -0.39 is 11.7 Å². The van der Waals surface area contributed by atoms with Gasteiger partial charge < -0.3 is 5.11 Å². The lowest BCUT2D eigenvalue weighted by atomic mass is 10.1. The molecule has 2 aromatic carbocycles. The lowest BCUT2D eigenvalue weighted by molar-refractivity contribution is 0.0692. The van der Waals surface area contributed by atoms with Gasteiger partial charge in [-0.2, -0.15) is 0 Å². The van der Waals surface area contributed by atoms with Crippen LogP contribution in [0.4, 0.5) is 0 Å². The van der Waals surface area contributed by atoms with Crippen LogP contribution in [0.3, 0.4) is 0 Å². The minimum absolute atomic E-state index is 0.177. The standard InChI is InChI=1S/C11H7O3/c12-10-6-8-4-2-1-3-7(8)5-9(10)11(13)14/h1-6H,(H,13,14). The van der Waals surface area contributed by atoms with E-state index in [4.69, 9.17) is 5.11 Å². The third-order valence-electron chi connectivity index (χ3n) is 2.08. The highest BCUT2D eigenvalue weighted by Gasteiger charge is 2.11. The maximum Gasteiger partial charge on any atom is 0.339 e. The van der Waals surface area contributed by atoms with Crippen LogP contribution in [0, 0.1) is 0 Å². The average Bonchev–Trinajstić information content (AvgIpc) is 2.16. The molecule has 0 amide bonds. The van der Waals surface area contributed by atoms with Gasteiger partial charge in [-0.05, 0) is 22.9 Å². The van der Waals surface area contributed by atoms with Gasteiger partial charge in [-0.3, -0.25) is 5.11 Å². The van der Waals surface area contributed by atoms with Crippen molar-refractivity contribution in [2.75, 3.05) is 0 Å². The number of aromatic carboxylic acids is 1. The molecule has 0 aromatic heterocycles. The Morgan fingerprint density at radius 1 is 1.07 bits per heavy atom. The highest BCUT2D eigenvalue weighted by molar-refractivity contribution is 5.97. The largest absolute Gasteiger partial charge is 0.478 e. The molecule has 0 aliphatic heterocycles. The van der Waals surface area contributed by atoms with Gasteiger partial charge in [0, 0.05) is 0 Å². The molecule has 0 atom stereocenters. The molecule has 0 aliphatic carbocycles. The SMILES string of the molecule is [O]c1cc2ccccc2cc1C(=O)O. The molecule has 1 N–H and O–H groups in total. The summed E-state index contributed by atoms with van der Waals surface area (Å²) < 4.78 is 0. The van der Waals surface area contributed by atoms with Crippen molar-refractivity contribution in [1.82, 2.24) is 0 Å².